The standard InChI is InChI=1S/C34H31ClN2O6S/c1-24-32(34(39)42-2)31(33(38)37(24)20-19-25-9-5-3-6-10-25)21-28-15-16-29(43-28)23-36(22-26-11-7-4-8-12-26)44(40,41)30-17-13-27(35)14-18-30/h3-18,21H,19-20,22-23H2,1-2H3/b31-21+. The van der Waals surface area contributed by atoms with Gasteiger partial charge in [-0.15, -0.1) is 0 Å². The molecule has 1 aromatic heterocycles. The number of sulfonamides is 1. The van der Waals surface area contributed by atoms with Crippen LogP contribution in [0.4, 0.5) is 0 Å². The van der Waals surface area contributed by atoms with Crippen molar-refractivity contribution in [3.8, 4) is 0 Å². The van der Waals surface area contributed by atoms with Gasteiger partial charge in [0.2, 0.25) is 10.0 Å². The lowest BCUT2D eigenvalue weighted by molar-refractivity contribution is -0.136. The summed E-state index contributed by atoms with van der Waals surface area (Å²) in [5, 5.41) is 0.429. The van der Waals surface area contributed by atoms with E-state index < -0.39 is 16.0 Å². The smallest absolute Gasteiger partial charge is 0.340 e. The van der Waals surface area contributed by atoms with Gasteiger partial charge in [-0.25, -0.2) is 13.2 Å². The molecule has 226 valence electrons. The number of methoxy groups -OCH3 is 1. The van der Waals surface area contributed by atoms with Gasteiger partial charge in [-0.2, -0.15) is 4.31 Å². The Balaban J connectivity index is 1.42. The molecule has 44 heavy (non-hydrogen) atoms. The number of carbonyl (C=O) groups excluding carboxylic acids is 2. The van der Waals surface area contributed by atoms with Crippen molar-refractivity contribution in [3.63, 3.8) is 0 Å². The Morgan fingerprint density at radius 2 is 1.55 bits per heavy atom. The summed E-state index contributed by atoms with van der Waals surface area (Å²) >= 11 is 6.00. The van der Waals surface area contributed by atoms with Crippen molar-refractivity contribution in [1.29, 1.82) is 0 Å². The maximum Gasteiger partial charge on any atom is 0.340 e. The number of esters is 1. The van der Waals surface area contributed by atoms with E-state index in [1.54, 1.807) is 24.0 Å². The number of hydrogen-bond acceptors (Lipinski definition) is 6. The molecule has 0 aliphatic carbocycles. The van der Waals surface area contributed by atoms with Crippen molar-refractivity contribution in [2.75, 3.05) is 13.7 Å². The van der Waals surface area contributed by atoms with E-state index >= 15 is 0 Å². The van der Waals surface area contributed by atoms with E-state index in [1.165, 1.54) is 41.8 Å². The van der Waals surface area contributed by atoms with Gasteiger partial charge in [0.05, 0.1) is 29.7 Å². The lowest BCUT2D eigenvalue weighted by atomic mass is 10.1. The summed E-state index contributed by atoms with van der Waals surface area (Å²) in [7, 11) is -2.66. The summed E-state index contributed by atoms with van der Waals surface area (Å²) in [6.07, 6.45) is 2.11. The molecule has 0 fully saturated rings. The minimum Gasteiger partial charge on any atom is -0.465 e. The quantitative estimate of drug-likeness (QED) is 0.144. The molecule has 8 nitrogen and oxygen atoms in total. The zero-order valence-corrected chi connectivity index (χ0v) is 25.8. The first-order valence-corrected chi connectivity index (χ1v) is 15.7. The monoisotopic (exact) mass is 630 g/mol. The van der Waals surface area contributed by atoms with E-state index in [2.05, 4.69) is 0 Å². The summed E-state index contributed by atoms with van der Waals surface area (Å²) in [5.74, 6) is -0.310. The molecule has 1 amide bonds. The van der Waals surface area contributed by atoms with Crippen molar-refractivity contribution < 1.29 is 27.2 Å². The number of ether oxygens (including phenoxy) is 1. The fourth-order valence-corrected chi connectivity index (χ4v) is 6.55. The summed E-state index contributed by atoms with van der Waals surface area (Å²) in [6, 6.07) is 28.3. The van der Waals surface area contributed by atoms with Gasteiger partial charge in [-0.1, -0.05) is 72.3 Å². The third-order valence-electron chi connectivity index (χ3n) is 7.32. The van der Waals surface area contributed by atoms with Gasteiger partial charge in [0.15, 0.2) is 0 Å². The molecular formula is C34H31ClN2O6S. The summed E-state index contributed by atoms with van der Waals surface area (Å²) in [6.45, 7) is 2.13. The van der Waals surface area contributed by atoms with E-state index in [4.69, 9.17) is 20.8 Å². The number of allylic oxidation sites excluding steroid dienone is 1. The van der Waals surface area contributed by atoms with Gasteiger partial charge in [-0.05, 0) is 66.9 Å². The molecule has 0 saturated heterocycles. The second-order valence-corrected chi connectivity index (χ2v) is 12.6. The molecule has 0 saturated carbocycles. The fourth-order valence-electron chi connectivity index (χ4n) is 5.02. The van der Waals surface area contributed by atoms with E-state index in [0.717, 1.165) is 11.1 Å². The third kappa shape index (κ3) is 6.86. The van der Waals surface area contributed by atoms with Gasteiger partial charge in [0, 0.05) is 23.8 Å². The van der Waals surface area contributed by atoms with Crippen LogP contribution in [0.15, 0.2) is 123 Å². The van der Waals surface area contributed by atoms with Crippen LogP contribution in [-0.2, 0) is 43.9 Å². The van der Waals surface area contributed by atoms with Gasteiger partial charge in [-0.3, -0.25) is 4.79 Å². The molecule has 0 radical (unpaired) electrons. The summed E-state index contributed by atoms with van der Waals surface area (Å²) in [5.41, 5.74) is 2.68. The van der Waals surface area contributed by atoms with E-state index in [1.807, 2.05) is 60.7 Å². The molecule has 5 rings (SSSR count). The normalized spacial score (nSPS) is 14.6. The molecule has 2 heterocycles. The maximum absolute atomic E-state index is 13.7. The van der Waals surface area contributed by atoms with Crippen LogP contribution in [0.25, 0.3) is 6.08 Å². The van der Waals surface area contributed by atoms with Crippen LogP contribution >= 0.6 is 11.6 Å². The van der Waals surface area contributed by atoms with Crippen LogP contribution in [0.3, 0.4) is 0 Å². The highest BCUT2D eigenvalue weighted by molar-refractivity contribution is 7.89. The fraction of sp³-hybridized carbons (Fsp3) is 0.176. The number of carbonyl (C=O) groups is 2. The molecule has 0 bridgehead atoms. The number of rotatable bonds is 11. The number of furan rings is 1. The van der Waals surface area contributed by atoms with Crippen LogP contribution in [-0.4, -0.2) is 43.2 Å². The number of nitrogens with zero attached hydrogens (tertiary/aromatic N) is 2. The second-order valence-electron chi connectivity index (χ2n) is 10.2. The Morgan fingerprint density at radius 3 is 2.18 bits per heavy atom. The van der Waals surface area contributed by atoms with Crippen LogP contribution < -0.4 is 0 Å². The number of amides is 1. The molecule has 0 spiro atoms. The molecule has 1 aliphatic rings. The lowest BCUT2D eigenvalue weighted by Gasteiger charge is -2.21. The molecular weight excluding hydrogens is 600 g/mol. The molecule has 3 aromatic carbocycles. The average molecular weight is 631 g/mol. The summed E-state index contributed by atoms with van der Waals surface area (Å²) in [4.78, 5) is 28.0. The van der Waals surface area contributed by atoms with Crippen molar-refractivity contribution in [1.82, 2.24) is 9.21 Å². The number of hydrogen-bond donors (Lipinski definition) is 0. The molecule has 10 heteroatoms. The minimum atomic E-state index is -3.93. The summed E-state index contributed by atoms with van der Waals surface area (Å²) < 4.78 is 39.7. The zero-order valence-electron chi connectivity index (χ0n) is 24.3. The van der Waals surface area contributed by atoms with E-state index in [-0.39, 0.29) is 35.0 Å². The Kier molecular flexibility index (Phi) is 9.49. The first-order valence-electron chi connectivity index (χ1n) is 13.9. The Bertz CT molecular complexity index is 1810. The van der Waals surface area contributed by atoms with Crippen LogP contribution in [0, 0.1) is 0 Å². The third-order valence-corrected chi connectivity index (χ3v) is 9.38. The second kappa shape index (κ2) is 13.5. The molecule has 4 aromatic rings. The highest BCUT2D eigenvalue weighted by Gasteiger charge is 2.37. The SMILES string of the molecule is COC(=O)C1=C(C)N(CCc2ccccc2)C(=O)/C1=C/c1ccc(CN(Cc2ccccc2)S(=O)(=O)c2ccc(Cl)cc2)o1. The van der Waals surface area contributed by atoms with Gasteiger partial charge in [0.25, 0.3) is 5.91 Å². The Labute approximate surface area is 261 Å². The molecule has 0 atom stereocenters. The predicted molar refractivity (Wildman–Crippen MR) is 168 cm³/mol. The first kappa shape index (κ1) is 31.0. The van der Waals surface area contributed by atoms with E-state index in [9.17, 15) is 18.0 Å². The Hall–Kier alpha value is -4.44. The van der Waals surface area contributed by atoms with Gasteiger partial charge >= 0.3 is 5.97 Å². The predicted octanol–water partition coefficient (Wildman–Crippen LogP) is 6.24. The van der Waals surface area contributed by atoms with Gasteiger partial charge < -0.3 is 14.1 Å². The number of halogens is 1. The van der Waals surface area contributed by atoms with Crippen molar-refractivity contribution in [3.05, 3.63) is 142 Å². The van der Waals surface area contributed by atoms with Crippen LogP contribution in [0.5, 0.6) is 0 Å². The van der Waals surface area contributed by atoms with Crippen molar-refractivity contribution in [2.24, 2.45) is 0 Å². The molecule has 1 aliphatic heterocycles. The lowest BCUT2D eigenvalue weighted by Crippen LogP contribution is -2.30. The van der Waals surface area contributed by atoms with Crippen LogP contribution in [0.2, 0.25) is 5.02 Å². The maximum atomic E-state index is 13.7. The molecule has 0 unspecified atom stereocenters. The molecule has 0 N–H and O–H groups in total. The van der Waals surface area contributed by atoms with Crippen molar-refractivity contribution >= 4 is 39.6 Å². The van der Waals surface area contributed by atoms with E-state index in [0.29, 0.717) is 35.2 Å². The highest BCUT2D eigenvalue weighted by Crippen LogP contribution is 2.32. The minimum absolute atomic E-state index is 0.0705. The average Bonchev–Trinajstić information content (AvgIpc) is 3.57. The topological polar surface area (TPSA) is 97.1 Å². The van der Waals surface area contributed by atoms with Crippen LogP contribution in [0.1, 0.15) is 29.6 Å². The largest absolute Gasteiger partial charge is 0.465 e. The van der Waals surface area contributed by atoms with Gasteiger partial charge in [0.1, 0.15) is 11.5 Å². The Morgan fingerprint density at radius 1 is 0.909 bits per heavy atom. The zero-order chi connectivity index (χ0) is 31.3. The number of benzene rings is 3. The van der Waals surface area contributed by atoms with Crippen molar-refractivity contribution in [2.45, 2.75) is 31.3 Å². The first-order chi connectivity index (χ1) is 21.2. The highest BCUT2D eigenvalue weighted by atomic mass is 35.5.